The second-order valence-electron chi connectivity index (χ2n) is 5.86. The zero-order valence-electron chi connectivity index (χ0n) is 13.9. The number of benzene rings is 1. The Morgan fingerprint density at radius 1 is 1.12 bits per heavy atom. The lowest BCUT2D eigenvalue weighted by molar-refractivity contribution is -0.138. The molecular formula is C17H18F3N5. The van der Waals surface area contributed by atoms with Crippen LogP contribution in [0.4, 0.5) is 13.2 Å². The molecule has 0 aliphatic heterocycles. The van der Waals surface area contributed by atoms with Gasteiger partial charge >= 0.3 is 6.18 Å². The molecule has 0 aliphatic carbocycles. The van der Waals surface area contributed by atoms with Gasteiger partial charge in [-0.05, 0) is 43.7 Å². The van der Waals surface area contributed by atoms with Crippen LogP contribution in [0.15, 0.2) is 36.5 Å². The number of nitrogens with one attached hydrogen (secondary N) is 2. The van der Waals surface area contributed by atoms with E-state index in [0.717, 1.165) is 23.1 Å². The third-order valence-corrected chi connectivity index (χ3v) is 3.84. The minimum atomic E-state index is -4.43. The van der Waals surface area contributed by atoms with Crippen molar-refractivity contribution in [1.82, 2.24) is 25.3 Å². The Morgan fingerprint density at radius 2 is 1.92 bits per heavy atom. The molecule has 1 aromatic carbocycles. The number of alkyl halides is 3. The highest BCUT2D eigenvalue weighted by Crippen LogP contribution is 2.33. The van der Waals surface area contributed by atoms with Crippen LogP contribution in [-0.4, -0.2) is 20.0 Å². The Bertz CT molecular complexity index is 850. The van der Waals surface area contributed by atoms with Crippen molar-refractivity contribution in [3.63, 3.8) is 0 Å². The largest absolute Gasteiger partial charge is 0.416 e. The zero-order valence-corrected chi connectivity index (χ0v) is 13.9. The summed E-state index contributed by atoms with van der Waals surface area (Å²) in [6, 6.07) is 7.89. The summed E-state index contributed by atoms with van der Waals surface area (Å²) in [6.45, 7) is 4.14. The van der Waals surface area contributed by atoms with Crippen molar-refractivity contribution in [1.29, 1.82) is 0 Å². The van der Waals surface area contributed by atoms with E-state index in [-0.39, 0.29) is 12.1 Å². The maximum atomic E-state index is 13.5. The van der Waals surface area contributed by atoms with Crippen LogP contribution in [0, 0.1) is 13.8 Å². The standard InChI is InChI=1S/C17H18F3N5/c1-11-7-12(2)25(24-11)15-4-3-13(16(8-15)17(18,19)20)9-21-10-14-5-6-22-23-14/h3-8,21H,9-10H2,1-2H3,(H,22,23). The summed E-state index contributed by atoms with van der Waals surface area (Å²) < 4.78 is 42.0. The van der Waals surface area contributed by atoms with Crippen LogP contribution >= 0.6 is 0 Å². The van der Waals surface area contributed by atoms with Crippen LogP contribution in [0.25, 0.3) is 5.69 Å². The highest BCUT2D eigenvalue weighted by atomic mass is 19.4. The number of aromatic amines is 1. The Balaban J connectivity index is 1.86. The zero-order chi connectivity index (χ0) is 18.0. The molecule has 2 N–H and O–H groups in total. The fraction of sp³-hybridized carbons (Fsp3) is 0.294. The van der Waals surface area contributed by atoms with Crippen LogP contribution in [0.1, 0.15) is 28.2 Å². The molecule has 0 radical (unpaired) electrons. The number of hydrogen-bond acceptors (Lipinski definition) is 3. The minimum Gasteiger partial charge on any atom is -0.307 e. The fourth-order valence-corrected chi connectivity index (χ4v) is 2.72. The molecule has 2 aromatic heterocycles. The molecule has 0 unspecified atom stereocenters. The third-order valence-electron chi connectivity index (χ3n) is 3.84. The molecule has 132 valence electrons. The molecular weight excluding hydrogens is 331 g/mol. The lowest BCUT2D eigenvalue weighted by atomic mass is 10.1. The minimum absolute atomic E-state index is 0.102. The van der Waals surface area contributed by atoms with Crippen LogP contribution in [0.2, 0.25) is 0 Å². The predicted octanol–water partition coefficient (Wildman–Crippen LogP) is 3.52. The predicted molar refractivity (Wildman–Crippen MR) is 87.2 cm³/mol. The summed E-state index contributed by atoms with van der Waals surface area (Å²) >= 11 is 0. The van der Waals surface area contributed by atoms with Crippen molar-refractivity contribution < 1.29 is 13.2 Å². The summed E-state index contributed by atoms with van der Waals surface area (Å²) in [6.07, 6.45) is -2.83. The lowest BCUT2D eigenvalue weighted by Crippen LogP contribution is -2.18. The summed E-state index contributed by atoms with van der Waals surface area (Å²) in [7, 11) is 0. The highest BCUT2D eigenvalue weighted by Gasteiger charge is 2.33. The van der Waals surface area contributed by atoms with E-state index >= 15 is 0 Å². The van der Waals surface area contributed by atoms with E-state index in [1.807, 2.05) is 19.9 Å². The third kappa shape index (κ3) is 3.90. The fourth-order valence-electron chi connectivity index (χ4n) is 2.72. The van der Waals surface area contributed by atoms with Crippen molar-refractivity contribution in [2.45, 2.75) is 33.1 Å². The van der Waals surface area contributed by atoms with Crippen LogP contribution in [0.3, 0.4) is 0 Å². The monoisotopic (exact) mass is 349 g/mol. The van der Waals surface area contributed by atoms with E-state index in [9.17, 15) is 13.2 Å². The number of H-pyrrole nitrogens is 1. The molecule has 0 fully saturated rings. The SMILES string of the molecule is Cc1cc(C)n(-c2ccc(CNCc3ccn[nH]3)c(C(F)(F)F)c2)n1. The van der Waals surface area contributed by atoms with Gasteiger partial charge in [0.25, 0.3) is 0 Å². The average molecular weight is 349 g/mol. The second-order valence-corrected chi connectivity index (χ2v) is 5.86. The van der Waals surface area contributed by atoms with Gasteiger partial charge in [0.2, 0.25) is 0 Å². The molecule has 2 heterocycles. The van der Waals surface area contributed by atoms with Crippen molar-refractivity contribution >= 4 is 0 Å². The van der Waals surface area contributed by atoms with Gasteiger partial charge in [0.1, 0.15) is 0 Å². The van der Waals surface area contributed by atoms with Gasteiger partial charge in [-0.3, -0.25) is 5.10 Å². The molecule has 3 rings (SSSR count). The number of aromatic nitrogens is 4. The molecule has 0 bridgehead atoms. The summed E-state index contributed by atoms with van der Waals surface area (Å²) in [4.78, 5) is 0. The molecule has 0 amide bonds. The number of rotatable bonds is 5. The van der Waals surface area contributed by atoms with Gasteiger partial charge in [-0.25, -0.2) is 4.68 Å². The van der Waals surface area contributed by atoms with Gasteiger partial charge < -0.3 is 5.32 Å². The normalized spacial score (nSPS) is 11.9. The number of nitrogens with zero attached hydrogens (tertiary/aromatic N) is 3. The molecule has 3 aromatic rings. The first kappa shape index (κ1) is 17.2. The van der Waals surface area contributed by atoms with E-state index < -0.39 is 11.7 Å². The Hall–Kier alpha value is -2.61. The van der Waals surface area contributed by atoms with Crippen LogP contribution in [-0.2, 0) is 19.3 Å². The molecule has 0 spiro atoms. The first-order chi connectivity index (χ1) is 11.8. The van der Waals surface area contributed by atoms with E-state index in [1.54, 1.807) is 18.3 Å². The van der Waals surface area contributed by atoms with Gasteiger partial charge in [0.15, 0.2) is 0 Å². The lowest BCUT2D eigenvalue weighted by Gasteiger charge is -2.15. The quantitative estimate of drug-likeness (QED) is 0.741. The maximum absolute atomic E-state index is 13.5. The van der Waals surface area contributed by atoms with E-state index in [4.69, 9.17) is 0 Å². The van der Waals surface area contributed by atoms with Gasteiger partial charge in [0, 0.05) is 30.7 Å². The molecule has 0 saturated carbocycles. The van der Waals surface area contributed by atoms with Crippen molar-refractivity contribution in [2.24, 2.45) is 0 Å². The smallest absolute Gasteiger partial charge is 0.307 e. The number of hydrogen-bond donors (Lipinski definition) is 2. The average Bonchev–Trinajstić information content (AvgIpc) is 3.16. The van der Waals surface area contributed by atoms with E-state index in [2.05, 4.69) is 20.6 Å². The van der Waals surface area contributed by atoms with E-state index in [1.165, 1.54) is 10.7 Å². The molecule has 0 aliphatic rings. The van der Waals surface area contributed by atoms with Crippen LogP contribution < -0.4 is 5.32 Å². The summed E-state index contributed by atoms with van der Waals surface area (Å²) in [5, 5.41) is 13.8. The topological polar surface area (TPSA) is 58.5 Å². The first-order valence-electron chi connectivity index (χ1n) is 7.77. The first-order valence-corrected chi connectivity index (χ1v) is 7.77. The Morgan fingerprint density at radius 3 is 2.52 bits per heavy atom. The molecule has 0 atom stereocenters. The van der Waals surface area contributed by atoms with Crippen molar-refractivity contribution in [3.8, 4) is 5.69 Å². The van der Waals surface area contributed by atoms with E-state index in [0.29, 0.717) is 12.2 Å². The van der Waals surface area contributed by atoms with Gasteiger partial charge in [-0.1, -0.05) is 6.07 Å². The van der Waals surface area contributed by atoms with Crippen molar-refractivity contribution in [3.05, 3.63) is 64.7 Å². The summed E-state index contributed by atoms with van der Waals surface area (Å²) in [5.41, 5.74) is 2.29. The van der Waals surface area contributed by atoms with Crippen molar-refractivity contribution in [2.75, 3.05) is 0 Å². The number of halogens is 3. The molecule has 0 saturated heterocycles. The Kier molecular flexibility index (Phi) is 4.63. The highest BCUT2D eigenvalue weighted by molar-refractivity contribution is 5.43. The van der Waals surface area contributed by atoms with Gasteiger partial charge in [0.05, 0.1) is 16.9 Å². The number of aryl methyl sites for hydroxylation is 2. The summed E-state index contributed by atoms with van der Waals surface area (Å²) in [5.74, 6) is 0. The molecule has 25 heavy (non-hydrogen) atoms. The Labute approximate surface area is 142 Å². The second kappa shape index (κ2) is 6.72. The van der Waals surface area contributed by atoms with Gasteiger partial charge in [-0.2, -0.15) is 23.4 Å². The molecule has 8 heteroatoms. The molecule has 5 nitrogen and oxygen atoms in total. The van der Waals surface area contributed by atoms with Crippen LogP contribution in [0.5, 0.6) is 0 Å². The maximum Gasteiger partial charge on any atom is 0.416 e. The van der Waals surface area contributed by atoms with Gasteiger partial charge in [-0.15, -0.1) is 0 Å².